The number of aryl methyl sites for hydroxylation is 1. The van der Waals surface area contributed by atoms with E-state index in [2.05, 4.69) is 20.5 Å². The molecule has 2 atom stereocenters. The highest BCUT2D eigenvalue weighted by atomic mass is 16.2. The third-order valence-corrected chi connectivity index (χ3v) is 5.62. The first-order chi connectivity index (χ1) is 12.6. The van der Waals surface area contributed by atoms with Crippen molar-refractivity contribution in [3.05, 3.63) is 24.0 Å². The summed E-state index contributed by atoms with van der Waals surface area (Å²) in [7, 11) is 1.81. The number of aromatic nitrogens is 6. The largest absolute Gasteiger partial charge is 0.334 e. The van der Waals surface area contributed by atoms with E-state index in [-0.39, 0.29) is 30.4 Å². The van der Waals surface area contributed by atoms with Crippen LogP contribution in [-0.4, -0.2) is 76.5 Å². The standard InChI is InChI=1S/C16H20N8O2/c1-21-5-4-17-15(21)16(26)23-8-11-6-12(23)7-22(11)13(25)9-24-14(10-2-3-10)18-19-20-24/h4-5,10-12H,2-3,6-9H2,1H3/t11-,12-/m0/s1. The lowest BCUT2D eigenvalue weighted by molar-refractivity contribution is -0.134. The molecule has 5 rings (SSSR count). The van der Waals surface area contributed by atoms with Crippen molar-refractivity contribution in [1.82, 2.24) is 39.6 Å². The molecular weight excluding hydrogens is 336 g/mol. The molecule has 26 heavy (non-hydrogen) atoms. The van der Waals surface area contributed by atoms with Gasteiger partial charge in [-0.15, -0.1) is 5.10 Å². The molecule has 3 aliphatic rings. The lowest BCUT2D eigenvalue weighted by Gasteiger charge is -2.34. The van der Waals surface area contributed by atoms with Crippen LogP contribution in [0.3, 0.4) is 0 Å². The van der Waals surface area contributed by atoms with E-state index in [0.717, 1.165) is 25.1 Å². The van der Waals surface area contributed by atoms with Gasteiger partial charge in [0.15, 0.2) is 11.6 Å². The Balaban J connectivity index is 1.25. The summed E-state index contributed by atoms with van der Waals surface area (Å²) in [6.45, 7) is 1.31. The Morgan fingerprint density at radius 1 is 1.19 bits per heavy atom. The Morgan fingerprint density at radius 3 is 2.62 bits per heavy atom. The van der Waals surface area contributed by atoms with Crippen molar-refractivity contribution < 1.29 is 9.59 Å². The average Bonchev–Trinajstić information content (AvgIpc) is 3.01. The lowest BCUT2D eigenvalue weighted by atomic mass is 10.2. The topological polar surface area (TPSA) is 102 Å². The van der Waals surface area contributed by atoms with Gasteiger partial charge in [0.2, 0.25) is 5.91 Å². The van der Waals surface area contributed by atoms with E-state index < -0.39 is 0 Å². The van der Waals surface area contributed by atoms with Crippen LogP contribution in [0.15, 0.2) is 12.4 Å². The predicted octanol–water partition coefficient (Wildman–Crippen LogP) is -0.590. The third-order valence-electron chi connectivity index (χ3n) is 5.62. The van der Waals surface area contributed by atoms with Crippen molar-refractivity contribution in [3.8, 4) is 0 Å². The molecule has 2 amide bonds. The van der Waals surface area contributed by atoms with Gasteiger partial charge >= 0.3 is 0 Å². The van der Waals surface area contributed by atoms with E-state index in [9.17, 15) is 9.59 Å². The number of amides is 2. The van der Waals surface area contributed by atoms with E-state index in [1.54, 1.807) is 21.6 Å². The van der Waals surface area contributed by atoms with Crippen molar-refractivity contribution in [1.29, 1.82) is 0 Å². The highest BCUT2D eigenvalue weighted by molar-refractivity contribution is 5.91. The van der Waals surface area contributed by atoms with Gasteiger partial charge in [-0.3, -0.25) is 9.59 Å². The maximum Gasteiger partial charge on any atom is 0.290 e. The Morgan fingerprint density at radius 2 is 1.96 bits per heavy atom. The molecule has 136 valence electrons. The summed E-state index contributed by atoms with van der Waals surface area (Å²) >= 11 is 0. The number of rotatable bonds is 4. The number of carbonyl (C=O) groups excluding carboxylic acids is 2. The van der Waals surface area contributed by atoms with Gasteiger partial charge in [-0.25, -0.2) is 9.67 Å². The summed E-state index contributed by atoms with van der Waals surface area (Å²) in [5.74, 6) is 1.62. The first-order valence-electron chi connectivity index (χ1n) is 8.95. The molecular formula is C16H20N8O2. The molecule has 0 aromatic carbocycles. The molecule has 0 radical (unpaired) electrons. The quantitative estimate of drug-likeness (QED) is 0.726. The Bertz CT molecular complexity index is 869. The van der Waals surface area contributed by atoms with Gasteiger partial charge in [0.1, 0.15) is 6.54 Å². The van der Waals surface area contributed by atoms with E-state index in [1.165, 1.54) is 0 Å². The Kier molecular flexibility index (Phi) is 3.34. The summed E-state index contributed by atoms with van der Waals surface area (Å²) in [4.78, 5) is 33.3. The smallest absolute Gasteiger partial charge is 0.290 e. The minimum Gasteiger partial charge on any atom is -0.334 e. The van der Waals surface area contributed by atoms with E-state index in [4.69, 9.17) is 0 Å². The normalized spacial score (nSPS) is 24.5. The minimum absolute atomic E-state index is 0.0239. The number of nitrogens with zero attached hydrogens (tertiary/aromatic N) is 8. The number of tetrazole rings is 1. The van der Waals surface area contributed by atoms with E-state index in [0.29, 0.717) is 24.8 Å². The maximum atomic E-state index is 12.7. The van der Waals surface area contributed by atoms with Crippen molar-refractivity contribution >= 4 is 11.8 Å². The van der Waals surface area contributed by atoms with Gasteiger partial charge in [0.25, 0.3) is 5.91 Å². The van der Waals surface area contributed by atoms with Crippen LogP contribution in [0.25, 0.3) is 0 Å². The molecule has 2 saturated heterocycles. The third kappa shape index (κ3) is 2.39. The molecule has 2 aliphatic heterocycles. The first-order valence-corrected chi connectivity index (χ1v) is 8.95. The second-order valence-corrected chi connectivity index (χ2v) is 7.38. The second kappa shape index (κ2) is 5.61. The molecule has 10 nitrogen and oxygen atoms in total. The molecule has 0 N–H and O–H groups in total. The summed E-state index contributed by atoms with van der Waals surface area (Å²) in [6.07, 6.45) is 6.40. The number of piperazine rings is 1. The predicted molar refractivity (Wildman–Crippen MR) is 87.9 cm³/mol. The zero-order chi connectivity index (χ0) is 17.8. The summed E-state index contributed by atoms with van der Waals surface area (Å²) < 4.78 is 3.36. The molecule has 2 aromatic rings. The second-order valence-electron chi connectivity index (χ2n) is 7.38. The highest BCUT2D eigenvalue weighted by Crippen LogP contribution is 2.38. The molecule has 1 aliphatic carbocycles. The lowest BCUT2D eigenvalue weighted by Crippen LogP contribution is -2.51. The van der Waals surface area contributed by atoms with Crippen LogP contribution >= 0.6 is 0 Å². The molecule has 4 heterocycles. The van der Waals surface area contributed by atoms with Crippen LogP contribution in [0.2, 0.25) is 0 Å². The van der Waals surface area contributed by atoms with Crippen molar-refractivity contribution in [2.75, 3.05) is 13.1 Å². The Labute approximate surface area is 149 Å². The summed E-state index contributed by atoms with van der Waals surface area (Å²) in [6, 6.07) is 0.127. The minimum atomic E-state index is -0.0615. The summed E-state index contributed by atoms with van der Waals surface area (Å²) in [5, 5.41) is 11.7. The number of imidazole rings is 1. The van der Waals surface area contributed by atoms with Crippen LogP contribution in [0, 0.1) is 0 Å². The zero-order valence-electron chi connectivity index (χ0n) is 14.5. The number of hydrogen-bond acceptors (Lipinski definition) is 6. The fraction of sp³-hybridized carbons (Fsp3) is 0.625. The van der Waals surface area contributed by atoms with Gasteiger partial charge in [-0.05, 0) is 29.7 Å². The number of carbonyl (C=O) groups is 2. The van der Waals surface area contributed by atoms with Crippen LogP contribution in [0.5, 0.6) is 0 Å². The van der Waals surface area contributed by atoms with E-state index in [1.807, 2.05) is 16.8 Å². The van der Waals surface area contributed by atoms with Gasteiger partial charge in [0, 0.05) is 38.4 Å². The molecule has 2 aromatic heterocycles. The van der Waals surface area contributed by atoms with Crippen LogP contribution in [0.4, 0.5) is 0 Å². The monoisotopic (exact) mass is 356 g/mol. The molecule has 0 unspecified atom stereocenters. The molecule has 0 spiro atoms. The SMILES string of the molecule is Cn1ccnc1C(=O)N1C[C@@H]2C[C@H]1CN2C(=O)Cn1nnnc1C1CC1. The van der Waals surface area contributed by atoms with Crippen LogP contribution in [-0.2, 0) is 18.4 Å². The fourth-order valence-corrected chi connectivity index (χ4v) is 4.10. The van der Waals surface area contributed by atoms with Gasteiger partial charge in [0.05, 0.1) is 12.1 Å². The summed E-state index contributed by atoms with van der Waals surface area (Å²) in [5.41, 5.74) is 0. The van der Waals surface area contributed by atoms with E-state index >= 15 is 0 Å². The first kappa shape index (κ1) is 15.5. The van der Waals surface area contributed by atoms with Gasteiger partial charge < -0.3 is 14.4 Å². The van der Waals surface area contributed by atoms with Crippen molar-refractivity contribution in [2.45, 2.75) is 43.8 Å². The fourth-order valence-electron chi connectivity index (χ4n) is 4.10. The Hall–Kier alpha value is -2.78. The molecule has 10 heteroatoms. The number of fused-ring (bicyclic) bond motifs is 2. The molecule has 1 saturated carbocycles. The number of hydrogen-bond donors (Lipinski definition) is 0. The molecule has 3 fully saturated rings. The molecule has 2 bridgehead atoms. The number of likely N-dealkylation sites (tertiary alicyclic amines) is 2. The average molecular weight is 356 g/mol. The van der Waals surface area contributed by atoms with Crippen LogP contribution < -0.4 is 0 Å². The highest BCUT2D eigenvalue weighted by Gasteiger charge is 2.47. The van der Waals surface area contributed by atoms with Gasteiger partial charge in [-0.2, -0.15) is 0 Å². The van der Waals surface area contributed by atoms with Crippen molar-refractivity contribution in [3.63, 3.8) is 0 Å². The van der Waals surface area contributed by atoms with Crippen molar-refractivity contribution in [2.24, 2.45) is 7.05 Å². The maximum absolute atomic E-state index is 12.7. The zero-order valence-corrected chi connectivity index (χ0v) is 14.5. The van der Waals surface area contributed by atoms with Crippen LogP contribution in [0.1, 0.15) is 41.6 Å². The van der Waals surface area contributed by atoms with Gasteiger partial charge in [-0.1, -0.05) is 0 Å².